The average Bonchev–Trinajstić information content (AvgIpc) is 2.37. The van der Waals surface area contributed by atoms with E-state index in [1.165, 1.54) is 45.1 Å². The predicted molar refractivity (Wildman–Crippen MR) is 47.6 cm³/mol. The summed E-state index contributed by atoms with van der Waals surface area (Å²) in [5.74, 6) is 0.967. The monoisotopic (exact) mass is 153 g/mol. The van der Waals surface area contributed by atoms with Crippen LogP contribution in [-0.4, -0.2) is 12.1 Å². The molecule has 0 aromatic heterocycles. The lowest BCUT2D eigenvalue weighted by molar-refractivity contribution is 0.212. The van der Waals surface area contributed by atoms with Crippen molar-refractivity contribution in [2.75, 3.05) is 6.54 Å². The lowest BCUT2D eigenvalue weighted by atomic mass is 9.76. The summed E-state index contributed by atoms with van der Waals surface area (Å²) >= 11 is 0. The molecular formula is C10H19N. The largest absolute Gasteiger partial charge is 0.311 e. The fraction of sp³-hybridized carbons (Fsp3) is 1.00. The predicted octanol–water partition coefficient (Wildman–Crippen LogP) is 2.32. The van der Waals surface area contributed by atoms with Crippen LogP contribution in [0.25, 0.3) is 0 Å². The van der Waals surface area contributed by atoms with Crippen LogP contribution in [0.1, 0.15) is 45.4 Å². The molecule has 64 valence electrons. The Morgan fingerprint density at radius 1 is 1.27 bits per heavy atom. The van der Waals surface area contributed by atoms with Crippen molar-refractivity contribution in [3.63, 3.8) is 0 Å². The highest BCUT2D eigenvalue weighted by atomic mass is 15.0. The van der Waals surface area contributed by atoms with Gasteiger partial charge in [0.15, 0.2) is 0 Å². The SMILES string of the molecule is CC1CCCC2(CCCN2)C1. The molecule has 2 aliphatic rings. The van der Waals surface area contributed by atoms with Gasteiger partial charge in [-0.1, -0.05) is 19.8 Å². The van der Waals surface area contributed by atoms with E-state index in [0.717, 1.165) is 5.92 Å². The van der Waals surface area contributed by atoms with Gasteiger partial charge in [-0.05, 0) is 38.1 Å². The highest BCUT2D eigenvalue weighted by molar-refractivity contribution is 4.96. The standard InChI is InChI=1S/C10H19N/c1-9-4-2-5-10(8-9)6-3-7-11-10/h9,11H,2-8H2,1H3. The summed E-state index contributed by atoms with van der Waals surface area (Å²) in [6.45, 7) is 3.67. The second-order valence-corrected chi connectivity index (χ2v) is 4.51. The molecule has 0 amide bonds. The van der Waals surface area contributed by atoms with Crippen molar-refractivity contribution >= 4 is 0 Å². The molecule has 1 spiro atoms. The molecule has 1 aliphatic carbocycles. The van der Waals surface area contributed by atoms with E-state index in [1.807, 2.05) is 0 Å². The van der Waals surface area contributed by atoms with Gasteiger partial charge in [0.05, 0.1) is 0 Å². The van der Waals surface area contributed by atoms with Crippen LogP contribution in [0, 0.1) is 5.92 Å². The van der Waals surface area contributed by atoms with Crippen LogP contribution in [0.2, 0.25) is 0 Å². The minimum absolute atomic E-state index is 0.595. The van der Waals surface area contributed by atoms with E-state index in [4.69, 9.17) is 0 Å². The first-order chi connectivity index (χ1) is 5.31. The highest BCUT2D eigenvalue weighted by Gasteiger charge is 2.36. The molecule has 2 atom stereocenters. The summed E-state index contributed by atoms with van der Waals surface area (Å²) in [5.41, 5.74) is 0.595. The van der Waals surface area contributed by atoms with Crippen LogP contribution in [0.5, 0.6) is 0 Å². The van der Waals surface area contributed by atoms with Gasteiger partial charge in [-0.2, -0.15) is 0 Å². The van der Waals surface area contributed by atoms with Crippen molar-refractivity contribution in [3.05, 3.63) is 0 Å². The zero-order valence-electron chi connectivity index (χ0n) is 7.53. The van der Waals surface area contributed by atoms with E-state index in [9.17, 15) is 0 Å². The molecule has 11 heavy (non-hydrogen) atoms. The first-order valence-electron chi connectivity index (χ1n) is 5.06. The van der Waals surface area contributed by atoms with Gasteiger partial charge in [0.25, 0.3) is 0 Å². The minimum Gasteiger partial charge on any atom is -0.311 e. The molecule has 1 saturated heterocycles. The lowest BCUT2D eigenvalue weighted by Gasteiger charge is -2.37. The van der Waals surface area contributed by atoms with Crippen molar-refractivity contribution in [2.24, 2.45) is 5.92 Å². The van der Waals surface area contributed by atoms with E-state index < -0.39 is 0 Å². The molecule has 1 N–H and O–H groups in total. The Kier molecular flexibility index (Phi) is 1.92. The molecule has 1 aliphatic heterocycles. The third kappa shape index (κ3) is 1.44. The summed E-state index contributed by atoms with van der Waals surface area (Å²) in [7, 11) is 0. The van der Waals surface area contributed by atoms with E-state index in [0.29, 0.717) is 5.54 Å². The number of rotatable bonds is 0. The van der Waals surface area contributed by atoms with Gasteiger partial charge in [0.1, 0.15) is 0 Å². The fourth-order valence-corrected chi connectivity index (χ4v) is 2.92. The second kappa shape index (κ2) is 2.78. The van der Waals surface area contributed by atoms with Crippen molar-refractivity contribution < 1.29 is 0 Å². The summed E-state index contributed by atoms with van der Waals surface area (Å²) in [6.07, 6.45) is 8.64. The molecule has 1 heterocycles. The van der Waals surface area contributed by atoms with Crippen LogP contribution in [-0.2, 0) is 0 Å². The van der Waals surface area contributed by atoms with Crippen molar-refractivity contribution in [1.29, 1.82) is 0 Å². The van der Waals surface area contributed by atoms with Gasteiger partial charge in [-0.3, -0.25) is 0 Å². The van der Waals surface area contributed by atoms with Gasteiger partial charge in [-0.15, -0.1) is 0 Å². The molecule has 1 saturated carbocycles. The van der Waals surface area contributed by atoms with Gasteiger partial charge in [0, 0.05) is 5.54 Å². The third-order valence-corrected chi connectivity index (χ3v) is 3.42. The maximum Gasteiger partial charge on any atom is 0.0184 e. The van der Waals surface area contributed by atoms with Gasteiger partial charge < -0.3 is 5.32 Å². The Morgan fingerprint density at radius 3 is 2.73 bits per heavy atom. The molecule has 0 aromatic rings. The Bertz CT molecular complexity index is 136. The topological polar surface area (TPSA) is 12.0 Å². The summed E-state index contributed by atoms with van der Waals surface area (Å²) in [4.78, 5) is 0. The number of hydrogen-bond acceptors (Lipinski definition) is 1. The van der Waals surface area contributed by atoms with Crippen LogP contribution in [0.4, 0.5) is 0 Å². The first kappa shape index (κ1) is 7.60. The molecule has 2 fully saturated rings. The fourth-order valence-electron chi connectivity index (χ4n) is 2.92. The molecule has 2 unspecified atom stereocenters. The third-order valence-electron chi connectivity index (χ3n) is 3.42. The van der Waals surface area contributed by atoms with Gasteiger partial charge in [-0.25, -0.2) is 0 Å². The van der Waals surface area contributed by atoms with Gasteiger partial charge in [0.2, 0.25) is 0 Å². The first-order valence-corrected chi connectivity index (χ1v) is 5.06. The molecule has 2 rings (SSSR count). The molecule has 0 bridgehead atoms. The zero-order valence-corrected chi connectivity index (χ0v) is 7.53. The van der Waals surface area contributed by atoms with E-state index in [2.05, 4.69) is 12.2 Å². The Balaban J connectivity index is 2.00. The quantitative estimate of drug-likeness (QED) is 0.563. The van der Waals surface area contributed by atoms with Crippen LogP contribution < -0.4 is 5.32 Å². The maximum absolute atomic E-state index is 3.70. The smallest absolute Gasteiger partial charge is 0.0184 e. The maximum atomic E-state index is 3.70. The Labute approximate surface area is 69.6 Å². The summed E-state index contributed by atoms with van der Waals surface area (Å²) in [6, 6.07) is 0. The lowest BCUT2D eigenvalue weighted by Crippen LogP contribution is -2.43. The second-order valence-electron chi connectivity index (χ2n) is 4.51. The van der Waals surface area contributed by atoms with E-state index in [-0.39, 0.29) is 0 Å². The van der Waals surface area contributed by atoms with Crippen LogP contribution >= 0.6 is 0 Å². The van der Waals surface area contributed by atoms with Crippen molar-refractivity contribution in [2.45, 2.75) is 51.0 Å². The Morgan fingerprint density at radius 2 is 2.09 bits per heavy atom. The summed E-state index contributed by atoms with van der Waals surface area (Å²) in [5, 5.41) is 3.70. The highest BCUT2D eigenvalue weighted by Crippen LogP contribution is 2.37. The summed E-state index contributed by atoms with van der Waals surface area (Å²) < 4.78 is 0. The van der Waals surface area contributed by atoms with Gasteiger partial charge >= 0.3 is 0 Å². The molecule has 0 radical (unpaired) electrons. The molecule has 0 aromatic carbocycles. The van der Waals surface area contributed by atoms with Crippen LogP contribution in [0.15, 0.2) is 0 Å². The zero-order chi connectivity index (χ0) is 7.73. The van der Waals surface area contributed by atoms with Crippen molar-refractivity contribution in [1.82, 2.24) is 5.32 Å². The molecule has 1 heteroatoms. The normalized spacial score (nSPS) is 45.0. The number of hydrogen-bond donors (Lipinski definition) is 1. The Hall–Kier alpha value is -0.0400. The number of nitrogens with one attached hydrogen (secondary N) is 1. The van der Waals surface area contributed by atoms with E-state index in [1.54, 1.807) is 0 Å². The average molecular weight is 153 g/mol. The van der Waals surface area contributed by atoms with Crippen LogP contribution in [0.3, 0.4) is 0 Å². The molecule has 1 nitrogen and oxygen atoms in total. The molecular weight excluding hydrogens is 134 g/mol. The van der Waals surface area contributed by atoms with Crippen molar-refractivity contribution in [3.8, 4) is 0 Å². The van der Waals surface area contributed by atoms with E-state index >= 15 is 0 Å². The minimum atomic E-state index is 0.595.